The van der Waals surface area contributed by atoms with Gasteiger partial charge >= 0.3 is 19.7 Å². The third-order valence-corrected chi connectivity index (χ3v) is 7.17. The van der Waals surface area contributed by atoms with Crippen molar-refractivity contribution in [3.8, 4) is 0 Å². The highest BCUT2D eigenvalue weighted by atomic mass is 31.2. The number of ether oxygens (including phenoxy) is 2. The van der Waals surface area contributed by atoms with E-state index in [1.165, 1.54) is 14.2 Å². The van der Waals surface area contributed by atoms with Gasteiger partial charge in [-0.1, -0.05) is 74.5 Å². The van der Waals surface area contributed by atoms with Crippen molar-refractivity contribution in [2.24, 2.45) is 5.92 Å². The van der Waals surface area contributed by atoms with Gasteiger partial charge in [-0.25, -0.2) is 9.59 Å². The highest BCUT2D eigenvalue weighted by Crippen LogP contribution is 2.55. The van der Waals surface area contributed by atoms with E-state index in [4.69, 9.17) is 18.5 Å². The maximum absolute atomic E-state index is 13.6. The highest BCUT2D eigenvalue weighted by Gasteiger charge is 2.43. The second-order valence-corrected chi connectivity index (χ2v) is 9.64. The summed E-state index contributed by atoms with van der Waals surface area (Å²) in [5.41, 5.74) is 1.60. The molecule has 32 heavy (non-hydrogen) atoms. The molecule has 2 rings (SSSR count). The standard InChI is InChI=1S/C23H30NO7P/c1-17(2)21(24-23(26)30-16-19-13-9-6-10-14-19)32(27,29-4)31-20(22(25)28-3)15-18-11-7-5-8-12-18/h5-14,17,20-21H,15-16H2,1-4H3,(H,24,26)/t20-,21?,32?/m0/s1. The van der Waals surface area contributed by atoms with E-state index >= 15 is 0 Å². The number of benzene rings is 2. The fourth-order valence-electron chi connectivity index (χ4n) is 3.02. The zero-order valence-electron chi connectivity index (χ0n) is 18.7. The van der Waals surface area contributed by atoms with Gasteiger partial charge < -0.3 is 19.3 Å². The molecular formula is C23H30NO7P. The Balaban J connectivity index is 2.15. The Bertz CT molecular complexity index is 905. The first-order chi connectivity index (χ1) is 15.3. The third-order valence-electron chi connectivity index (χ3n) is 4.71. The van der Waals surface area contributed by atoms with Crippen molar-refractivity contribution in [1.82, 2.24) is 5.32 Å². The van der Waals surface area contributed by atoms with Crippen molar-refractivity contribution in [3.05, 3.63) is 71.8 Å². The number of nitrogens with one attached hydrogen (secondary N) is 1. The number of hydrogen-bond donors (Lipinski definition) is 1. The van der Waals surface area contributed by atoms with E-state index < -0.39 is 31.5 Å². The van der Waals surface area contributed by atoms with E-state index in [0.29, 0.717) is 0 Å². The van der Waals surface area contributed by atoms with Gasteiger partial charge in [-0.2, -0.15) is 0 Å². The van der Waals surface area contributed by atoms with E-state index in [1.807, 2.05) is 60.7 Å². The minimum Gasteiger partial charge on any atom is -0.467 e. The number of methoxy groups -OCH3 is 1. The molecule has 1 N–H and O–H groups in total. The van der Waals surface area contributed by atoms with E-state index in [2.05, 4.69) is 5.32 Å². The highest BCUT2D eigenvalue weighted by molar-refractivity contribution is 7.54. The van der Waals surface area contributed by atoms with E-state index in [9.17, 15) is 14.2 Å². The summed E-state index contributed by atoms with van der Waals surface area (Å²) in [7, 11) is -1.55. The molecule has 0 fully saturated rings. The van der Waals surface area contributed by atoms with Crippen molar-refractivity contribution >= 4 is 19.7 Å². The molecular weight excluding hydrogens is 433 g/mol. The van der Waals surface area contributed by atoms with Crippen LogP contribution in [0, 0.1) is 5.92 Å². The van der Waals surface area contributed by atoms with Crippen LogP contribution in [0.5, 0.6) is 0 Å². The van der Waals surface area contributed by atoms with Crippen LogP contribution in [0.1, 0.15) is 25.0 Å². The summed E-state index contributed by atoms with van der Waals surface area (Å²) in [6, 6.07) is 18.3. The molecule has 0 spiro atoms. The Kier molecular flexibility index (Phi) is 9.91. The minimum absolute atomic E-state index is 0.0500. The molecule has 1 amide bonds. The number of esters is 1. The average molecular weight is 463 g/mol. The van der Waals surface area contributed by atoms with E-state index in [0.717, 1.165) is 11.1 Å². The summed E-state index contributed by atoms with van der Waals surface area (Å²) in [6.45, 7) is 3.55. The SMILES string of the molecule is COC(=O)[C@H](Cc1ccccc1)OP(=O)(OC)C(NC(=O)OCc1ccccc1)C(C)C. The number of rotatable bonds is 11. The Hall–Kier alpha value is -2.67. The van der Waals surface area contributed by atoms with Crippen LogP contribution in [0.2, 0.25) is 0 Å². The molecule has 0 aliphatic rings. The van der Waals surface area contributed by atoms with Gasteiger partial charge in [0.2, 0.25) is 0 Å². The molecule has 9 heteroatoms. The minimum atomic E-state index is -3.99. The van der Waals surface area contributed by atoms with Crippen LogP contribution in [0.3, 0.4) is 0 Å². The summed E-state index contributed by atoms with van der Waals surface area (Å²) < 4.78 is 34.7. The molecule has 3 atom stereocenters. The smallest absolute Gasteiger partial charge is 0.408 e. The van der Waals surface area contributed by atoms with Gasteiger partial charge in [0.1, 0.15) is 12.4 Å². The van der Waals surface area contributed by atoms with Gasteiger partial charge in [-0.3, -0.25) is 9.09 Å². The summed E-state index contributed by atoms with van der Waals surface area (Å²) >= 11 is 0. The zero-order valence-corrected chi connectivity index (χ0v) is 19.6. The molecule has 0 aliphatic carbocycles. The average Bonchev–Trinajstić information content (AvgIpc) is 2.81. The summed E-state index contributed by atoms with van der Waals surface area (Å²) in [5, 5.41) is 2.58. The summed E-state index contributed by atoms with van der Waals surface area (Å²) in [4.78, 5) is 24.8. The molecule has 0 aliphatic heterocycles. The van der Waals surface area contributed by atoms with Crippen molar-refractivity contribution in [3.63, 3.8) is 0 Å². The van der Waals surface area contributed by atoms with Crippen molar-refractivity contribution in [2.45, 2.75) is 38.8 Å². The maximum atomic E-state index is 13.6. The molecule has 0 aromatic heterocycles. The molecule has 0 bridgehead atoms. The van der Waals surface area contributed by atoms with Crippen LogP contribution in [0.25, 0.3) is 0 Å². The Labute approximate surface area is 188 Å². The molecule has 2 aromatic carbocycles. The third kappa shape index (κ3) is 7.48. The lowest BCUT2D eigenvalue weighted by molar-refractivity contribution is -0.149. The first-order valence-corrected chi connectivity index (χ1v) is 11.8. The summed E-state index contributed by atoms with van der Waals surface area (Å²) in [6.07, 6.45) is -1.83. The number of carbonyl (C=O) groups is 2. The zero-order chi connectivity index (χ0) is 23.6. The first-order valence-electron chi connectivity index (χ1n) is 10.2. The van der Waals surface area contributed by atoms with E-state index in [-0.39, 0.29) is 18.9 Å². The van der Waals surface area contributed by atoms with Crippen LogP contribution in [-0.4, -0.2) is 38.2 Å². The number of carbonyl (C=O) groups excluding carboxylic acids is 2. The van der Waals surface area contributed by atoms with Gasteiger partial charge in [0, 0.05) is 13.5 Å². The Morgan fingerprint density at radius 2 is 1.50 bits per heavy atom. The molecule has 0 saturated carbocycles. The molecule has 174 valence electrons. The molecule has 8 nitrogen and oxygen atoms in total. The van der Waals surface area contributed by atoms with Crippen LogP contribution >= 0.6 is 7.60 Å². The van der Waals surface area contributed by atoms with Gasteiger partial charge in [-0.15, -0.1) is 0 Å². The van der Waals surface area contributed by atoms with Crippen molar-refractivity contribution < 1.29 is 32.7 Å². The van der Waals surface area contributed by atoms with Crippen LogP contribution < -0.4 is 5.32 Å². The van der Waals surface area contributed by atoms with Crippen LogP contribution in [0.15, 0.2) is 60.7 Å². The molecule has 2 unspecified atom stereocenters. The Morgan fingerprint density at radius 3 is 2.00 bits per heavy atom. The quantitative estimate of drug-likeness (QED) is 0.386. The van der Waals surface area contributed by atoms with Gasteiger partial charge in [0.05, 0.1) is 7.11 Å². The monoisotopic (exact) mass is 463 g/mol. The fraction of sp³-hybridized carbons (Fsp3) is 0.391. The van der Waals surface area contributed by atoms with E-state index in [1.54, 1.807) is 13.8 Å². The van der Waals surface area contributed by atoms with Crippen LogP contribution in [0.4, 0.5) is 4.79 Å². The number of hydrogen-bond acceptors (Lipinski definition) is 7. The van der Waals surface area contributed by atoms with Gasteiger partial charge in [0.25, 0.3) is 0 Å². The summed E-state index contributed by atoms with van der Waals surface area (Å²) in [5.74, 6) is -2.08. The topological polar surface area (TPSA) is 100 Å². The lowest BCUT2D eigenvalue weighted by Crippen LogP contribution is -2.41. The predicted octanol–water partition coefficient (Wildman–Crippen LogP) is 4.54. The number of amides is 1. The Morgan fingerprint density at radius 1 is 0.938 bits per heavy atom. The van der Waals surface area contributed by atoms with Gasteiger partial charge in [0.15, 0.2) is 6.10 Å². The second-order valence-electron chi connectivity index (χ2n) is 7.42. The lowest BCUT2D eigenvalue weighted by Gasteiger charge is -2.31. The molecule has 0 saturated heterocycles. The lowest BCUT2D eigenvalue weighted by atomic mass is 10.1. The first kappa shape index (κ1) is 25.6. The van der Waals surface area contributed by atoms with Gasteiger partial charge in [-0.05, 0) is 17.0 Å². The maximum Gasteiger partial charge on any atom is 0.408 e. The van der Waals surface area contributed by atoms with Crippen LogP contribution in [-0.2, 0) is 40.9 Å². The molecule has 0 heterocycles. The largest absolute Gasteiger partial charge is 0.467 e. The predicted molar refractivity (Wildman–Crippen MR) is 120 cm³/mol. The normalized spacial score (nSPS) is 14.8. The number of alkyl carbamates (subject to hydrolysis) is 1. The molecule has 2 aromatic rings. The van der Waals surface area contributed by atoms with Crippen molar-refractivity contribution in [1.29, 1.82) is 0 Å². The fourth-order valence-corrected chi connectivity index (χ4v) is 4.97. The second kappa shape index (κ2) is 12.4. The molecule has 0 radical (unpaired) electrons. The van der Waals surface area contributed by atoms with Crippen molar-refractivity contribution in [2.75, 3.05) is 14.2 Å².